The molecule has 1 unspecified atom stereocenters. The first-order chi connectivity index (χ1) is 58.4. The number of carbonyl (C=O) groups excluding carboxylic acids is 13. The Morgan fingerprint density at radius 2 is 0.784 bits per heavy atom. The number of benzene rings is 2. The van der Waals surface area contributed by atoms with Gasteiger partial charge < -0.3 is 80.6 Å². The summed E-state index contributed by atoms with van der Waals surface area (Å²) in [5.41, 5.74) is 13.5. The van der Waals surface area contributed by atoms with Gasteiger partial charge in [-0.2, -0.15) is 0 Å². The Morgan fingerprint density at radius 3 is 1.20 bits per heavy atom. The number of aromatic hydroxyl groups is 2. The molecule has 0 spiro atoms. The van der Waals surface area contributed by atoms with Crippen molar-refractivity contribution in [2.75, 3.05) is 98.3 Å². The van der Waals surface area contributed by atoms with Crippen LogP contribution in [0.3, 0.4) is 0 Å². The summed E-state index contributed by atoms with van der Waals surface area (Å²) in [7, 11) is 0. The van der Waals surface area contributed by atoms with Crippen LogP contribution in [0.2, 0.25) is 0 Å². The van der Waals surface area contributed by atoms with E-state index in [0.29, 0.717) is 127 Å². The molecule has 2 aromatic carbocycles. The number of phenolic OH excluding ortho intramolecular Hbond substituents is 2. The number of hydrogen-bond donors (Lipinski definition) is 8. The van der Waals surface area contributed by atoms with Crippen molar-refractivity contribution in [2.45, 2.75) is 212 Å². The second kappa shape index (κ2) is 51.6. The van der Waals surface area contributed by atoms with E-state index in [1.165, 1.54) is 111 Å². The Hall–Kier alpha value is -9.95. The maximum absolute atomic E-state index is 12.1. The highest BCUT2D eigenvalue weighted by molar-refractivity contribution is 9.10. The third kappa shape index (κ3) is 28.3. The van der Waals surface area contributed by atoms with Crippen LogP contribution in [0.1, 0.15) is 283 Å². The largest absolute Gasteiger partial charge is 0.506 e. The number of alkyl halides is 1. The summed E-state index contributed by atoms with van der Waals surface area (Å²) in [5, 5.41) is 36.8. The number of anilines is 6. The molecule has 6 aliphatic rings. The number of ether oxygens (including phenoxy) is 7. The van der Waals surface area contributed by atoms with E-state index in [9.17, 15) is 72.5 Å². The van der Waals surface area contributed by atoms with Gasteiger partial charge in [0.05, 0.1) is 99.1 Å². The van der Waals surface area contributed by atoms with Gasteiger partial charge in [-0.15, -0.1) is 68.0 Å². The third-order valence-electron chi connectivity index (χ3n) is 19.0. The summed E-state index contributed by atoms with van der Waals surface area (Å²) in [6.07, 6.45) is 19.4. The number of thiophene rings is 6. The number of amides is 5. The second-order valence-corrected chi connectivity index (χ2v) is 35.4. The minimum Gasteiger partial charge on any atom is -0.506 e. The van der Waals surface area contributed by atoms with Crippen LogP contribution < -0.4 is 32.3 Å². The molecule has 1 saturated heterocycles. The average molecular weight is 1910 g/mol. The number of allylic oxidation sites excluding steroid dienone is 2. The summed E-state index contributed by atoms with van der Waals surface area (Å²) in [6, 6.07) is 9.78. The van der Waals surface area contributed by atoms with E-state index in [2.05, 4.69) is 53.5 Å². The van der Waals surface area contributed by atoms with Crippen molar-refractivity contribution in [3.8, 4) is 11.5 Å². The fourth-order valence-electron chi connectivity index (χ4n) is 14.0. The number of nitrogens with zero attached hydrogens (tertiary/aromatic N) is 1. The zero-order valence-electron chi connectivity index (χ0n) is 70.1. The Bertz CT molecular complexity index is 5080. The first-order valence-electron chi connectivity index (χ1n) is 40.4. The fraction of sp³-hybridized carbons (Fsp3) is 0.472. The quantitative estimate of drug-likeness (QED) is 0.0225. The Kier molecular flexibility index (Phi) is 43.6. The zero-order chi connectivity index (χ0) is 89.0. The lowest BCUT2D eigenvalue weighted by Gasteiger charge is -2.32. The van der Waals surface area contributed by atoms with Gasteiger partial charge in [-0.05, 0) is 179 Å². The Balaban J connectivity index is 0.000000259. The van der Waals surface area contributed by atoms with Crippen LogP contribution in [0.5, 0.6) is 11.5 Å². The van der Waals surface area contributed by atoms with Crippen LogP contribution in [-0.2, 0) is 95.7 Å². The number of halogens is 1. The SMILES string of the molecule is C.C.C.C1=C(N2CCOCC2)CCCC1.CCOC(=O)c1c(N)sc2c1CCCC2.CCOC(=O)c1c(NC(C)=O)sc2c(O)cccc12.CCOC(=O)c1c(NC(C)=O)sc2c(O)cccc12.CCOC(=O)c1c(NC(C)=O)sc2c1CCC(Br)C2=O.CCOC(=O)c1c(NC(C)=O)sc2c1CCCC2.CCOC(=O)c1c(NC(C)=O)sc2c1CCCC2=O. The molecular weight excluding hydrogens is 1790 g/mol. The zero-order valence-corrected chi connectivity index (χ0v) is 76.6. The molecule has 6 aromatic heterocycles. The molecule has 14 rings (SSSR count). The van der Waals surface area contributed by atoms with Gasteiger partial charge >= 0.3 is 35.8 Å². The number of nitrogens with two attached hydrogens (primary N) is 1. The molecule has 5 aliphatic carbocycles. The van der Waals surface area contributed by atoms with Gasteiger partial charge in [0.15, 0.2) is 11.6 Å². The average Bonchev–Trinajstić information content (AvgIpc) is 1.64. The number of hydrogen-bond acceptors (Lipinski definition) is 30. The summed E-state index contributed by atoms with van der Waals surface area (Å²) in [6.45, 7) is 23.2. The molecule has 36 heteroatoms. The van der Waals surface area contributed by atoms with Crippen LogP contribution in [0.4, 0.5) is 30.0 Å². The number of esters is 6. The molecule has 0 radical (unpaired) electrons. The number of nitrogen functional groups attached to an aromatic ring is 1. The van der Waals surface area contributed by atoms with Crippen molar-refractivity contribution in [1.82, 2.24) is 4.90 Å². The second-order valence-electron chi connectivity index (χ2n) is 27.9. The normalized spacial score (nSPS) is 14.3. The highest BCUT2D eigenvalue weighted by Gasteiger charge is 2.36. The van der Waals surface area contributed by atoms with E-state index in [-0.39, 0.29) is 129 Å². The van der Waals surface area contributed by atoms with Gasteiger partial charge in [-0.1, -0.05) is 68.6 Å². The molecular formula is C89H116BrN7O22S6. The van der Waals surface area contributed by atoms with Crippen molar-refractivity contribution >= 4 is 211 Å². The summed E-state index contributed by atoms with van der Waals surface area (Å²) in [4.78, 5) is 158. The summed E-state index contributed by atoms with van der Waals surface area (Å²) < 4.78 is 36.6. The summed E-state index contributed by atoms with van der Waals surface area (Å²) in [5.74, 6) is -3.68. The number of morpholine rings is 1. The number of carbonyl (C=O) groups is 13. The van der Waals surface area contributed by atoms with Gasteiger partial charge in [0.1, 0.15) is 52.6 Å². The Labute approximate surface area is 761 Å². The molecule has 125 heavy (non-hydrogen) atoms. The molecule has 8 aromatic rings. The van der Waals surface area contributed by atoms with Crippen molar-refractivity contribution in [3.63, 3.8) is 0 Å². The van der Waals surface area contributed by atoms with Crippen molar-refractivity contribution < 1.29 is 106 Å². The number of rotatable bonds is 18. The number of Topliss-reactive ketones (excluding diaryl/α,β-unsaturated/α-hetero) is 2. The third-order valence-corrected chi connectivity index (χ3v) is 26.9. The van der Waals surface area contributed by atoms with Crippen molar-refractivity contribution in [1.29, 1.82) is 0 Å². The number of nitrogens with one attached hydrogen (secondary N) is 5. The Morgan fingerprint density at radius 1 is 0.432 bits per heavy atom. The first-order valence-corrected chi connectivity index (χ1v) is 46.2. The monoisotopic (exact) mass is 1910 g/mol. The minimum absolute atomic E-state index is 0. The molecule has 0 bridgehead atoms. The highest BCUT2D eigenvalue weighted by Crippen LogP contribution is 2.46. The van der Waals surface area contributed by atoms with Gasteiger partial charge in [-0.25, -0.2) is 28.8 Å². The first kappa shape index (κ1) is 106. The molecule has 682 valence electrons. The molecule has 1 atom stereocenters. The number of fused-ring (bicyclic) bond motifs is 6. The standard InChI is InChI=1S/C13H14BrNO4S.C13H15NO4S.2C13H13NO4S.C13H17NO3S.C11H15NO2S.C10H17NO.3CH4/c1-3-19-13(18)9-7-4-5-8(14)10(17)11(7)20-12(9)15-6(2)16;3*1-3-18-13(17)10-8-5-4-6-9(16)11(8)19-12(10)14-7(2)15;1-3-17-13(16)11-9-6-4-5-7-10(9)18-12(11)14-8(2)15;1-2-14-11(13)9-7-5-3-4-6-8(7)15-10(9)12;1-2-4-10(5-3-1)11-6-8-12-9-7-11;;;/h8H,3-5H2,1-2H3,(H,15,16);3-6H2,1-2H3,(H,14,15);2*4-6,16H,3H2,1-2H3,(H,14,15);3-7H2,1-2H3,(H,14,15);2-6,12H2,1H3;4H,1-3,5-9H2;3*1H4. The lowest BCUT2D eigenvalue weighted by atomic mass is 9.94. The smallest absolute Gasteiger partial charge is 0.341 e. The molecule has 1 fully saturated rings. The predicted octanol–water partition coefficient (Wildman–Crippen LogP) is 19.5. The number of phenols is 2. The van der Waals surface area contributed by atoms with Crippen LogP contribution in [0.15, 0.2) is 48.2 Å². The van der Waals surface area contributed by atoms with Crippen LogP contribution in [-0.4, -0.2) is 163 Å². The van der Waals surface area contributed by atoms with Crippen LogP contribution in [0, 0.1) is 0 Å². The fourth-order valence-corrected chi connectivity index (χ4v) is 21.9. The number of aryl methyl sites for hydroxylation is 2. The van der Waals surface area contributed by atoms with Crippen LogP contribution in [0.25, 0.3) is 20.2 Å². The summed E-state index contributed by atoms with van der Waals surface area (Å²) >= 11 is 11.0. The molecule has 29 nitrogen and oxygen atoms in total. The maximum Gasteiger partial charge on any atom is 0.341 e. The van der Waals surface area contributed by atoms with Gasteiger partial charge in [0, 0.05) is 80.4 Å². The van der Waals surface area contributed by atoms with E-state index in [0.717, 1.165) is 128 Å². The van der Waals surface area contributed by atoms with Gasteiger partial charge in [0.2, 0.25) is 29.5 Å². The molecule has 7 heterocycles. The maximum atomic E-state index is 12.1. The molecule has 9 N–H and O–H groups in total. The van der Waals surface area contributed by atoms with E-state index < -0.39 is 23.9 Å². The molecule has 5 amide bonds. The number of ketones is 2. The van der Waals surface area contributed by atoms with Crippen molar-refractivity contribution in [3.05, 3.63) is 123 Å². The lowest BCUT2D eigenvalue weighted by Crippen LogP contribution is -2.35. The van der Waals surface area contributed by atoms with Gasteiger partial charge in [-0.3, -0.25) is 33.6 Å². The van der Waals surface area contributed by atoms with Crippen LogP contribution >= 0.6 is 84.0 Å². The van der Waals surface area contributed by atoms with Crippen molar-refractivity contribution in [2.24, 2.45) is 0 Å². The topological polar surface area (TPSA) is 416 Å². The van der Waals surface area contributed by atoms with E-state index in [1.54, 1.807) is 75.9 Å². The van der Waals surface area contributed by atoms with E-state index in [4.69, 9.17) is 38.9 Å². The minimum atomic E-state index is -0.511. The van der Waals surface area contributed by atoms with Gasteiger partial charge in [0.25, 0.3) is 0 Å². The predicted molar refractivity (Wildman–Crippen MR) is 501 cm³/mol. The molecule has 1 aliphatic heterocycles. The highest BCUT2D eigenvalue weighted by atomic mass is 79.9. The van der Waals surface area contributed by atoms with E-state index >= 15 is 0 Å². The van der Waals surface area contributed by atoms with E-state index in [1.807, 2.05) is 6.92 Å². The molecule has 0 saturated carbocycles. The lowest BCUT2D eigenvalue weighted by molar-refractivity contribution is -0.115.